The topological polar surface area (TPSA) is 65.4 Å². The molecular weight excluding hydrogens is 477 g/mol. The van der Waals surface area contributed by atoms with Gasteiger partial charge in [-0.2, -0.15) is 5.10 Å². The van der Waals surface area contributed by atoms with Crippen LogP contribution in [-0.2, 0) is 0 Å². The minimum absolute atomic E-state index is 0.0641. The van der Waals surface area contributed by atoms with Crippen molar-refractivity contribution in [2.75, 3.05) is 19.5 Å². The van der Waals surface area contributed by atoms with E-state index in [0.29, 0.717) is 27.2 Å². The van der Waals surface area contributed by atoms with Gasteiger partial charge >= 0.3 is 0 Å². The highest BCUT2D eigenvalue weighted by molar-refractivity contribution is 9.10. The monoisotopic (exact) mass is 495 g/mol. The number of nitrogens with one attached hydrogen (secondary N) is 1. The van der Waals surface area contributed by atoms with E-state index in [2.05, 4.69) is 26.3 Å². The van der Waals surface area contributed by atoms with Crippen molar-refractivity contribution >= 4 is 27.5 Å². The molecule has 4 aromatic rings. The number of carbonyl (C=O) groups is 1. The van der Waals surface area contributed by atoms with Gasteiger partial charge < -0.3 is 14.8 Å². The van der Waals surface area contributed by atoms with Gasteiger partial charge in [0.15, 0.2) is 0 Å². The summed E-state index contributed by atoms with van der Waals surface area (Å²) in [6.45, 7) is 0. The molecule has 0 aliphatic carbocycles. The maximum atomic E-state index is 14.3. The number of nitrogens with zero attached hydrogens (tertiary/aromatic N) is 2. The molecule has 3 aromatic carbocycles. The Hall–Kier alpha value is -3.65. The molecule has 1 amide bonds. The zero-order chi connectivity index (χ0) is 22.7. The molecule has 1 N–H and O–H groups in total. The van der Waals surface area contributed by atoms with Crippen LogP contribution < -0.4 is 14.8 Å². The largest absolute Gasteiger partial charge is 0.497 e. The molecule has 0 saturated carbocycles. The van der Waals surface area contributed by atoms with E-state index in [9.17, 15) is 9.18 Å². The second-order valence-electron chi connectivity index (χ2n) is 6.82. The van der Waals surface area contributed by atoms with Gasteiger partial charge in [-0.15, -0.1) is 0 Å². The van der Waals surface area contributed by atoms with Gasteiger partial charge in [-0.1, -0.05) is 34.1 Å². The van der Waals surface area contributed by atoms with Gasteiger partial charge in [0.25, 0.3) is 5.91 Å². The summed E-state index contributed by atoms with van der Waals surface area (Å²) in [7, 11) is 3.09. The lowest BCUT2D eigenvalue weighted by molar-refractivity contribution is 0.102. The van der Waals surface area contributed by atoms with Crippen LogP contribution in [0.2, 0.25) is 0 Å². The second kappa shape index (κ2) is 9.23. The van der Waals surface area contributed by atoms with Crippen LogP contribution in [0.4, 0.5) is 10.1 Å². The van der Waals surface area contributed by atoms with E-state index in [1.54, 1.807) is 42.3 Å². The fourth-order valence-electron chi connectivity index (χ4n) is 3.23. The number of methoxy groups -OCH3 is 2. The molecule has 162 valence electrons. The summed E-state index contributed by atoms with van der Waals surface area (Å²) >= 11 is 3.22. The van der Waals surface area contributed by atoms with Crippen LogP contribution in [0.1, 0.15) is 10.4 Å². The zero-order valence-corrected chi connectivity index (χ0v) is 18.9. The van der Waals surface area contributed by atoms with Crippen LogP contribution in [-0.4, -0.2) is 29.9 Å². The van der Waals surface area contributed by atoms with Crippen molar-refractivity contribution in [1.82, 2.24) is 9.78 Å². The fraction of sp³-hybridized carbons (Fsp3) is 0.0833. The number of anilines is 1. The van der Waals surface area contributed by atoms with Crippen LogP contribution in [0, 0.1) is 5.82 Å². The first kappa shape index (κ1) is 21.6. The van der Waals surface area contributed by atoms with Gasteiger partial charge in [-0.3, -0.25) is 4.79 Å². The molecule has 0 spiro atoms. The first-order valence-corrected chi connectivity index (χ1v) is 10.4. The van der Waals surface area contributed by atoms with Crippen molar-refractivity contribution in [3.05, 3.63) is 88.8 Å². The van der Waals surface area contributed by atoms with Crippen LogP contribution >= 0.6 is 15.9 Å². The normalized spacial score (nSPS) is 10.6. The molecule has 0 aliphatic heterocycles. The number of rotatable bonds is 6. The molecule has 1 heterocycles. The Morgan fingerprint density at radius 3 is 2.50 bits per heavy atom. The smallest absolute Gasteiger partial charge is 0.259 e. The molecule has 0 saturated heterocycles. The highest BCUT2D eigenvalue weighted by atomic mass is 79.9. The quantitative estimate of drug-likeness (QED) is 0.372. The number of benzene rings is 3. The van der Waals surface area contributed by atoms with Crippen LogP contribution in [0.25, 0.3) is 16.9 Å². The van der Waals surface area contributed by atoms with Crippen molar-refractivity contribution in [2.45, 2.75) is 0 Å². The third-order valence-corrected chi connectivity index (χ3v) is 5.31. The Kier molecular flexibility index (Phi) is 6.23. The van der Waals surface area contributed by atoms with E-state index in [0.717, 1.165) is 5.69 Å². The third-order valence-electron chi connectivity index (χ3n) is 4.82. The van der Waals surface area contributed by atoms with Crippen LogP contribution in [0.5, 0.6) is 11.5 Å². The van der Waals surface area contributed by atoms with E-state index in [1.165, 1.54) is 19.2 Å². The standard InChI is InChI=1S/C24H19BrFN3O3/c1-31-17-9-11-22(32-2)18(13-17)23-19(14-29(28-23)16-6-4-3-5-7-16)24(30)27-21-10-8-15(25)12-20(21)26/h3-14H,1-2H3,(H,27,30). The average Bonchev–Trinajstić information content (AvgIpc) is 3.26. The number of aromatic nitrogens is 2. The lowest BCUT2D eigenvalue weighted by Gasteiger charge is -2.11. The minimum Gasteiger partial charge on any atom is -0.497 e. The lowest BCUT2D eigenvalue weighted by Crippen LogP contribution is -2.13. The van der Waals surface area contributed by atoms with Gasteiger partial charge in [0.1, 0.15) is 23.0 Å². The molecule has 0 bridgehead atoms. The van der Waals surface area contributed by atoms with Gasteiger partial charge in [-0.25, -0.2) is 9.07 Å². The van der Waals surface area contributed by atoms with Crippen molar-refractivity contribution in [2.24, 2.45) is 0 Å². The van der Waals surface area contributed by atoms with Gasteiger partial charge in [0.05, 0.1) is 31.2 Å². The number of amides is 1. The number of hydrogen-bond acceptors (Lipinski definition) is 4. The molecule has 32 heavy (non-hydrogen) atoms. The van der Waals surface area contributed by atoms with E-state index >= 15 is 0 Å². The molecule has 0 radical (unpaired) electrons. The Bertz CT molecular complexity index is 1270. The minimum atomic E-state index is -0.552. The predicted octanol–water partition coefficient (Wildman–Crippen LogP) is 5.71. The average molecular weight is 496 g/mol. The Balaban J connectivity index is 1.84. The first-order valence-electron chi connectivity index (χ1n) is 9.64. The summed E-state index contributed by atoms with van der Waals surface area (Å²) in [6, 6.07) is 19.1. The summed E-state index contributed by atoms with van der Waals surface area (Å²) < 4.78 is 27.4. The third kappa shape index (κ3) is 4.36. The maximum absolute atomic E-state index is 14.3. The van der Waals surface area contributed by atoms with Crippen molar-refractivity contribution < 1.29 is 18.7 Å². The van der Waals surface area contributed by atoms with Crippen molar-refractivity contribution in [3.63, 3.8) is 0 Å². The molecule has 1 aromatic heterocycles. The van der Waals surface area contributed by atoms with Crippen molar-refractivity contribution in [1.29, 1.82) is 0 Å². The second-order valence-corrected chi connectivity index (χ2v) is 7.73. The number of hydrogen-bond donors (Lipinski definition) is 1. The number of carbonyl (C=O) groups excluding carboxylic acids is 1. The maximum Gasteiger partial charge on any atom is 0.259 e. The number of para-hydroxylation sites is 1. The van der Waals surface area contributed by atoms with Crippen LogP contribution in [0.3, 0.4) is 0 Å². The first-order chi connectivity index (χ1) is 15.5. The number of halogens is 2. The van der Waals surface area contributed by atoms with Crippen molar-refractivity contribution in [3.8, 4) is 28.4 Å². The molecule has 0 aliphatic rings. The van der Waals surface area contributed by atoms with Gasteiger partial charge in [0, 0.05) is 16.2 Å². The SMILES string of the molecule is COc1ccc(OC)c(-c2nn(-c3ccccc3)cc2C(=O)Nc2ccc(Br)cc2F)c1. The molecule has 0 unspecified atom stereocenters. The van der Waals surface area contributed by atoms with Crippen LogP contribution in [0.15, 0.2) is 77.4 Å². The summed E-state index contributed by atoms with van der Waals surface area (Å²) in [5, 5.41) is 7.29. The molecule has 4 rings (SSSR count). The molecule has 0 atom stereocenters. The summed E-state index contributed by atoms with van der Waals surface area (Å²) in [4.78, 5) is 13.2. The highest BCUT2D eigenvalue weighted by Gasteiger charge is 2.23. The lowest BCUT2D eigenvalue weighted by atomic mass is 10.1. The molecular formula is C24H19BrFN3O3. The fourth-order valence-corrected chi connectivity index (χ4v) is 3.56. The Labute approximate surface area is 192 Å². The van der Waals surface area contributed by atoms with Gasteiger partial charge in [0.2, 0.25) is 0 Å². The highest BCUT2D eigenvalue weighted by Crippen LogP contribution is 2.35. The summed E-state index contributed by atoms with van der Waals surface area (Å²) in [5.74, 6) is 0.0466. The summed E-state index contributed by atoms with van der Waals surface area (Å²) in [6.07, 6.45) is 1.61. The summed E-state index contributed by atoms with van der Waals surface area (Å²) in [5.41, 5.74) is 2.03. The Morgan fingerprint density at radius 1 is 1.03 bits per heavy atom. The molecule has 8 heteroatoms. The molecule has 6 nitrogen and oxygen atoms in total. The van der Waals surface area contributed by atoms with E-state index in [1.807, 2.05) is 30.3 Å². The Morgan fingerprint density at radius 2 is 1.81 bits per heavy atom. The molecule has 0 fully saturated rings. The van der Waals surface area contributed by atoms with E-state index < -0.39 is 11.7 Å². The predicted molar refractivity (Wildman–Crippen MR) is 124 cm³/mol. The van der Waals surface area contributed by atoms with Gasteiger partial charge in [-0.05, 0) is 48.5 Å². The van der Waals surface area contributed by atoms with E-state index in [4.69, 9.17) is 9.47 Å². The number of ether oxygens (including phenoxy) is 2. The zero-order valence-electron chi connectivity index (χ0n) is 17.3. The van der Waals surface area contributed by atoms with E-state index in [-0.39, 0.29) is 11.3 Å².